The molecule has 1 rings (SSSR count). The summed E-state index contributed by atoms with van der Waals surface area (Å²) in [6.07, 6.45) is 11.2. The summed E-state index contributed by atoms with van der Waals surface area (Å²) < 4.78 is 0. The van der Waals surface area contributed by atoms with E-state index in [0.29, 0.717) is 6.42 Å². The van der Waals surface area contributed by atoms with Gasteiger partial charge in [0.15, 0.2) is 0 Å². The zero-order valence-electron chi connectivity index (χ0n) is 12.0. The van der Waals surface area contributed by atoms with E-state index < -0.39 is 0 Å². The van der Waals surface area contributed by atoms with Crippen molar-refractivity contribution in [1.82, 2.24) is 10.6 Å². The molecule has 1 aliphatic carbocycles. The molecule has 3 nitrogen and oxygen atoms in total. The van der Waals surface area contributed by atoms with Crippen molar-refractivity contribution in [3.05, 3.63) is 0 Å². The maximum absolute atomic E-state index is 11.6. The molecule has 0 unspecified atom stereocenters. The average molecular weight is 254 g/mol. The Morgan fingerprint density at radius 2 is 1.89 bits per heavy atom. The van der Waals surface area contributed by atoms with Gasteiger partial charge in [0.05, 0.1) is 0 Å². The molecular weight excluding hydrogens is 224 g/mol. The van der Waals surface area contributed by atoms with Crippen molar-refractivity contribution >= 4 is 5.91 Å². The molecule has 0 aromatic carbocycles. The summed E-state index contributed by atoms with van der Waals surface area (Å²) in [7, 11) is 0. The Morgan fingerprint density at radius 3 is 2.61 bits per heavy atom. The van der Waals surface area contributed by atoms with Gasteiger partial charge >= 0.3 is 0 Å². The average Bonchev–Trinajstić information content (AvgIpc) is 2.40. The first kappa shape index (κ1) is 15.5. The summed E-state index contributed by atoms with van der Waals surface area (Å²) in [4.78, 5) is 11.6. The fourth-order valence-electron chi connectivity index (χ4n) is 2.71. The minimum atomic E-state index is 0.226. The van der Waals surface area contributed by atoms with Gasteiger partial charge in [-0.05, 0) is 31.7 Å². The van der Waals surface area contributed by atoms with Gasteiger partial charge in [-0.15, -0.1) is 0 Å². The number of hydrogen-bond donors (Lipinski definition) is 2. The van der Waals surface area contributed by atoms with E-state index >= 15 is 0 Å². The molecule has 0 aliphatic heterocycles. The molecule has 0 heterocycles. The van der Waals surface area contributed by atoms with Gasteiger partial charge in [0.25, 0.3) is 0 Å². The third-order valence-electron chi connectivity index (χ3n) is 3.79. The zero-order chi connectivity index (χ0) is 13.1. The second kappa shape index (κ2) is 10.4. The molecule has 0 saturated heterocycles. The molecule has 3 heteroatoms. The Hall–Kier alpha value is -0.570. The van der Waals surface area contributed by atoms with Gasteiger partial charge in [0.1, 0.15) is 0 Å². The summed E-state index contributed by atoms with van der Waals surface area (Å²) in [6.45, 7) is 4.85. The Morgan fingerprint density at radius 1 is 1.11 bits per heavy atom. The molecule has 0 spiro atoms. The number of rotatable bonds is 9. The fourth-order valence-corrected chi connectivity index (χ4v) is 2.71. The first-order chi connectivity index (χ1) is 8.83. The molecule has 0 aromatic rings. The van der Waals surface area contributed by atoms with E-state index in [1.54, 1.807) is 0 Å². The van der Waals surface area contributed by atoms with E-state index in [1.807, 2.05) is 0 Å². The van der Waals surface area contributed by atoms with E-state index in [2.05, 4.69) is 17.6 Å². The molecule has 0 aromatic heterocycles. The van der Waals surface area contributed by atoms with Crippen molar-refractivity contribution in [2.75, 3.05) is 19.6 Å². The minimum Gasteiger partial charge on any atom is -0.355 e. The van der Waals surface area contributed by atoms with Crippen molar-refractivity contribution < 1.29 is 4.79 Å². The van der Waals surface area contributed by atoms with E-state index in [0.717, 1.165) is 38.4 Å². The largest absolute Gasteiger partial charge is 0.355 e. The van der Waals surface area contributed by atoms with Crippen LogP contribution in [0.15, 0.2) is 0 Å². The first-order valence-electron chi connectivity index (χ1n) is 7.80. The van der Waals surface area contributed by atoms with Gasteiger partial charge in [-0.1, -0.05) is 39.0 Å². The van der Waals surface area contributed by atoms with Crippen molar-refractivity contribution in [1.29, 1.82) is 0 Å². The van der Waals surface area contributed by atoms with Crippen LogP contribution in [0.1, 0.15) is 64.7 Å². The number of carbonyl (C=O) groups excluding carboxylic acids is 1. The molecule has 0 bridgehead atoms. The normalized spacial score (nSPS) is 16.7. The summed E-state index contributed by atoms with van der Waals surface area (Å²) in [5, 5.41) is 6.26. The van der Waals surface area contributed by atoms with E-state index in [9.17, 15) is 4.79 Å². The molecule has 2 N–H and O–H groups in total. The first-order valence-corrected chi connectivity index (χ1v) is 7.80. The summed E-state index contributed by atoms with van der Waals surface area (Å²) in [5.41, 5.74) is 0. The van der Waals surface area contributed by atoms with E-state index in [4.69, 9.17) is 0 Å². The van der Waals surface area contributed by atoms with Crippen LogP contribution in [-0.4, -0.2) is 25.5 Å². The van der Waals surface area contributed by atoms with Crippen LogP contribution in [0.3, 0.4) is 0 Å². The monoisotopic (exact) mass is 254 g/mol. The molecule has 0 radical (unpaired) electrons. The van der Waals surface area contributed by atoms with Gasteiger partial charge in [-0.2, -0.15) is 0 Å². The van der Waals surface area contributed by atoms with Gasteiger partial charge in [-0.25, -0.2) is 0 Å². The van der Waals surface area contributed by atoms with Crippen LogP contribution in [0.25, 0.3) is 0 Å². The molecular formula is C15H30N2O. The highest BCUT2D eigenvalue weighted by atomic mass is 16.1. The SMILES string of the molecule is CCCNCCNC(=O)CCCC1CCCCC1. The topological polar surface area (TPSA) is 41.1 Å². The molecule has 106 valence electrons. The molecule has 1 amide bonds. The lowest BCUT2D eigenvalue weighted by atomic mass is 9.86. The zero-order valence-corrected chi connectivity index (χ0v) is 12.0. The van der Waals surface area contributed by atoms with Crippen LogP contribution in [0.4, 0.5) is 0 Å². The third-order valence-corrected chi connectivity index (χ3v) is 3.79. The Balaban J connectivity index is 1.89. The Labute approximate surface area is 112 Å². The van der Waals surface area contributed by atoms with Crippen LogP contribution in [-0.2, 0) is 4.79 Å². The highest BCUT2D eigenvalue weighted by molar-refractivity contribution is 5.75. The molecule has 0 atom stereocenters. The number of carbonyl (C=O) groups is 1. The summed E-state index contributed by atoms with van der Waals surface area (Å²) >= 11 is 0. The van der Waals surface area contributed by atoms with Crippen molar-refractivity contribution in [3.63, 3.8) is 0 Å². The van der Waals surface area contributed by atoms with Crippen LogP contribution < -0.4 is 10.6 Å². The van der Waals surface area contributed by atoms with Crippen LogP contribution in [0, 0.1) is 5.92 Å². The second-order valence-corrected chi connectivity index (χ2v) is 5.50. The summed E-state index contributed by atoms with van der Waals surface area (Å²) in [6, 6.07) is 0. The van der Waals surface area contributed by atoms with Gasteiger partial charge in [0, 0.05) is 19.5 Å². The van der Waals surface area contributed by atoms with Crippen molar-refractivity contribution in [2.24, 2.45) is 5.92 Å². The second-order valence-electron chi connectivity index (χ2n) is 5.50. The van der Waals surface area contributed by atoms with Crippen molar-refractivity contribution in [2.45, 2.75) is 64.7 Å². The Bertz CT molecular complexity index is 213. The van der Waals surface area contributed by atoms with E-state index in [1.165, 1.54) is 38.5 Å². The smallest absolute Gasteiger partial charge is 0.220 e. The van der Waals surface area contributed by atoms with Crippen molar-refractivity contribution in [3.8, 4) is 0 Å². The quantitative estimate of drug-likeness (QED) is 0.621. The lowest BCUT2D eigenvalue weighted by Crippen LogP contribution is -2.32. The fraction of sp³-hybridized carbons (Fsp3) is 0.933. The number of amides is 1. The lowest BCUT2D eigenvalue weighted by Gasteiger charge is -2.21. The molecule has 18 heavy (non-hydrogen) atoms. The molecule has 1 saturated carbocycles. The predicted molar refractivity (Wildman–Crippen MR) is 76.6 cm³/mol. The third kappa shape index (κ3) is 7.70. The minimum absolute atomic E-state index is 0.226. The molecule has 1 fully saturated rings. The predicted octanol–water partition coefficient (Wildman–Crippen LogP) is 2.85. The van der Waals surface area contributed by atoms with Gasteiger partial charge in [0.2, 0.25) is 5.91 Å². The van der Waals surface area contributed by atoms with Gasteiger partial charge in [-0.3, -0.25) is 4.79 Å². The van der Waals surface area contributed by atoms with Crippen LogP contribution in [0.2, 0.25) is 0 Å². The van der Waals surface area contributed by atoms with Crippen LogP contribution in [0.5, 0.6) is 0 Å². The van der Waals surface area contributed by atoms with Gasteiger partial charge < -0.3 is 10.6 Å². The maximum atomic E-state index is 11.6. The van der Waals surface area contributed by atoms with Crippen LogP contribution >= 0.6 is 0 Å². The number of nitrogens with one attached hydrogen (secondary N) is 2. The molecule has 1 aliphatic rings. The number of hydrogen-bond acceptors (Lipinski definition) is 2. The lowest BCUT2D eigenvalue weighted by molar-refractivity contribution is -0.121. The summed E-state index contributed by atoms with van der Waals surface area (Å²) in [5.74, 6) is 1.13. The Kier molecular flexibility index (Phi) is 8.92. The highest BCUT2D eigenvalue weighted by Gasteiger charge is 2.13. The van der Waals surface area contributed by atoms with E-state index in [-0.39, 0.29) is 5.91 Å². The standard InChI is InChI=1S/C15H30N2O/c1-2-11-16-12-13-17-15(18)10-6-9-14-7-4-3-5-8-14/h14,16H,2-13H2,1H3,(H,17,18). The maximum Gasteiger partial charge on any atom is 0.220 e. The highest BCUT2D eigenvalue weighted by Crippen LogP contribution is 2.27.